The van der Waals surface area contributed by atoms with E-state index in [1.165, 1.54) is 17.7 Å². The Labute approximate surface area is 109 Å². The van der Waals surface area contributed by atoms with E-state index in [0.717, 1.165) is 16.4 Å². The highest BCUT2D eigenvalue weighted by Crippen LogP contribution is 2.21. The van der Waals surface area contributed by atoms with Crippen molar-refractivity contribution in [3.63, 3.8) is 0 Å². The molecule has 0 aliphatic heterocycles. The Morgan fingerprint density at radius 2 is 2.39 bits per heavy atom. The van der Waals surface area contributed by atoms with E-state index in [-0.39, 0.29) is 5.97 Å². The van der Waals surface area contributed by atoms with Crippen LogP contribution in [0.1, 0.15) is 19.0 Å². The average molecular weight is 263 g/mol. The van der Waals surface area contributed by atoms with E-state index in [0.29, 0.717) is 19.4 Å². The second-order valence-corrected chi connectivity index (χ2v) is 4.40. The van der Waals surface area contributed by atoms with E-state index >= 15 is 0 Å². The molecular formula is C12H13N3O2S. The third-order valence-corrected chi connectivity index (χ3v) is 3.16. The number of carbonyl (C=O) groups is 1. The van der Waals surface area contributed by atoms with Gasteiger partial charge in [-0.05, 0) is 13.0 Å². The van der Waals surface area contributed by atoms with Crippen LogP contribution in [-0.4, -0.2) is 27.5 Å². The normalized spacial score (nSPS) is 10.3. The lowest BCUT2D eigenvalue weighted by Crippen LogP contribution is -2.05. The van der Waals surface area contributed by atoms with Crippen molar-refractivity contribution < 1.29 is 9.53 Å². The Balaban J connectivity index is 1.97. The molecule has 0 bridgehead atoms. The SMILES string of the molecule is CCOC(=O)CCc1csc(-c2ccncn2)n1. The smallest absolute Gasteiger partial charge is 0.306 e. The zero-order valence-electron chi connectivity index (χ0n) is 10.00. The lowest BCUT2D eigenvalue weighted by molar-refractivity contribution is -0.143. The molecule has 2 aromatic rings. The largest absolute Gasteiger partial charge is 0.466 e. The first-order chi connectivity index (χ1) is 8.79. The minimum Gasteiger partial charge on any atom is -0.466 e. The standard InChI is InChI=1S/C12H13N3O2S/c1-2-17-11(16)4-3-9-7-18-12(15-9)10-5-6-13-8-14-10/h5-8H,2-4H2,1H3. The quantitative estimate of drug-likeness (QED) is 0.773. The molecule has 0 amide bonds. The molecule has 0 aromatic carbocycles. The van der Waals surface area contributed by atoms with Gasteiger partial charge in [-0.25, -0.2) is 15.0 Å². The van der Waals surface area contributed by atoms with Crippen LogP contribution in [0.4, 0.5) is 0 Å². The van der Waals surface area contributed by atoms with Gasteiger partial charge in [0.15, 0.2) is 0 Å². The minimum absolute atomic E-state index is 0.186. The first kappa shape index (κ1) is 12.6. The molecule has 2 heterocycles. The van der Waals surface area contributed by atoms with Gasteiger partial charge in [0.05, 0.1) is 18.7 Å². The molecule has 0 aliphatic rings. The Morgan fingerprint density at radius 3 is 3.11 bits per heavy atom. The van der Waals surface area contributed by atoms with Crippen LogP contribution in [0.5, 0.6) is 0 Å². The summed E-state index contributed by atoms with van der Waals surface area (Å²) in [6.07, 6.45) is 4.14. The maximum Gasteiger partial charge on any atom is 0.306 e. The molecule has 0 saturated carbocycles. The summed E-state index contributed by atoms with van der Waals surface area (Å²) in [5.74, 6) is -0.186. The van der Waals surface area contributed by atoms with E-state index in [9.17, 15) is 4.79 Å². The van der Waals surface area contributed by atoms with Crippen molar-refractivity contribution in [3.05, 3.63) is 29.7 Å². The summed E-state index contributed by atoms with van der Waals surface area (Å²) >= 11 is 1.51. The first-order valence-electron chi connectivity index (χ1n) is 5.66. The molecule has 18 heavy (non-hydrogen) atoms. The summed E-state index contributed by atoms with van der Waals surface area (Å²) in [6, 6.07) is 1.81. The summed E-state index contributed by atoms with van der Waals surface area (Å²) in [5, 5.41) is 2.78. The summed E-state index contributed by atoms with van der Waals surface area (Å²) in [7, 11) is 0. The highest BCUT2D eigenvalue weighted by molar-refractivity contribution is 7.13. The number of carbonyl (C=O) groups excluding carboxylic acids is 1. The molecule has 0 aliphatic carbocycles. The van der Waals surface area contributed by atoms with Gasteiger partial charge in [-0.1, -0.05) is 0 Å². The van der Waals surface area contributed by atoms with Crippen molar-refractivity contribution >= 4 is 17.3 Å². The Kier molecular flexibility index (Phi) is 4.35. The van der Waals surface area contributed by atoms with Crippen molar-refractivity contribution in [1.82, 2.24) is 15.0 Å². The number of hydrogen-bond acceptors (Lipinski definition) is 6. The van der Waals surface area contributed by atoms with Gasteiger partial charge in [0, 0.05) is 18.0 Å². The van der Waals surface area contributed by atoms with E-state index in [2.05, 4.69) is 15.0 Å². The fourth-order valence-corrected chi connectivity index (χ4v) is 2.25. The zero-order valence-corrected chi connectivity index (χ0v) is 10.8. The highest BCUT2D eigenvalue weighted by atomic mass is 32.1. The average Bonchev–Trinajstić information content (AvgIpc) is 2.87. The number of rotatable bonds is 5. The zero-order chi connectivity index (χ0) is 12.8. The molecule has 0 saturated heterocycles. The number of esters is 1. The van der Waals surface area contributed by atoms with Crippen LogP contribution < -0.4 is 0 Å². The summed E-state index contributed by atoms with van der Waals surface area (Å²) < 4.78 is 4.87. The fourth-order valence-electron chi connectivity index (χ4n) is 1.42. The van der Waals surface area contributed by atoms with E-state index in [1.54, 1.807) is 13.1 Å². The predicted octanol–water partition coefficient (Wildman–Crippen LogP) is 2.10. The van der Waals surface area contributed by atoms with Crippen LogP contribution in [-0.2, 0) is 16.0 Å². The fraction of sp³-hybridized carbons (Fsp3) is 0.333. The predicted molar refractivity (Wildman–Crippen MR) is 68.1 cm³/mol. The molecule has 0 N–H and O–H groups in total. The highest BCUT2D eigenvalue weighted by Gasteiger charge is 2.08. The third-order valence-electron chi connectivity index (χ3n) is 2.24. The Hall–Kier alpha value is -1.82. The molecule has 0 unspecified atom stereocenters. The molecule has 0 spiro atoms. The number of hydrogen-bond donors (Lipinski definition) is 0. The van der Waals surface area contributed by atoms with Crippen molar-refractivity contribution in [2.45, 2.75) is 19.8 Å². The van der Waals surface area contributed by atoms with Crippen LogP contribution in [0.15, 0.2) is 24.0 Å². The molecule has 2 aromatic heterocycles. The van der Waals surface area contributed by atoms with Crippen molar-refractivity contribution in [2.75, 3.05) is 6.61 Å². The van der Waals surface area contributed by atoms with Crippen LogP contribution >= 0.6 is 11.3 Å². The van der Waals surface area contributed by atoms with Gasteiger partial charge in [-0.3, -0.25) is 4.79 Å². The summed E-state index contributed by atoms with van der Waals surface area (Å²) in [4.78, 5) is 23.7. The monoisotopic (exact) mass is 263 g/mol. The van der Waals surface area contributed by atoms with E-state index in [1.807, 2.05) is 11.4 Å². The van der Waals surface area contributed by atoms with Crippen molar-refractivity contribution in [2.24, 2.45) is 0 Å². The third kappa shape index (κ3) is 3.33. The van der Waals surface area contributed by atoms with Gasteiger partial charge < -0.3 is 4.74 Å². The summed E-state index contributed by atoms with van der Waals surface area (Å²) in [6.45, 7) is 2.22. The van der Waals surface area contributed by atoms with Crippen LogP contribution in [0, 0.1) is 0 Å². The maximum atomic E-state index is 11.2. The molecule has 6 heteroatoms. The van der Waals surface area contributed by atoms with Crippen molar-refractivity contribution in [3.8, 4) is 10.7 Å². The first-order valence-corrected chi connectivity index (χ1v) is 6.54. The van der Waals surface area contributed by atoms with Gasteiger partial charge in [-0.15, -0.1) is 11.3 Å². The number of ether oxygens (including phenoxy) is 1. The number of thiazole rings is 1. The molecule has 94 valence electrons. The van der Waals surface area contributed by atoms with Gasteiger partial charge in [0.1, 0.15) is 17.0 Å². The van der Waals surface area contributed by atoms with Crippen LogP contribution in [0.25, 0.3) is 10.7 Å². The Morgan fingerprint density at radius 1 is 1.50 bits per heavy atom. The second kappa shape index (κ2) is 6.20. The van der Waals surface area contributed by atoms with Gasteiger partial charge >= 0.3 is 5.97 Å². The lowest BCUT2D eigenvalue weighted by atomic mass is 10.2. The van der Waals surface area contributed by atoms with Crippen LogP contribution in [0.3, 0.4) is 0 Å². The number of aromatic nitrogens is 3. The molecule has 0 radical (unpaired) electrons. The molecule has 0 atom stereocenters. The second-order valence-electron chi connectivity index (χ2n) is 3.54. The van der Waals surface area contributed by atoms with Gasteiger partial charge in [-0.2, -0.15) is 0 Å². The van der Waals surface area contributed by atoms with E-state index in [4.69, 9.17) is 4.74 Å². The molecule has 0 fully saturated rings. The van der Waals surface area contributed by atoms with Gasteiger partial charge in [0.2, 0.25) is 0 Å². The summed E-state index contributed by atoms with van der Waals surface area (Å²) in [5.41, 5.74) is 1.69. The molecule has 2 rings (SSSR count). The van der Waals surface area contributed by atoms with Crippen LogP contribution in [0.2, 0.25) is 0 Å². The van der Waals surface area contributed by atoms with Crippen molar-refractivity contribution in [1.29, 1.82) is 0 Å². The minimum atomic E-state index is -0.186. The molecular weight excluding hydrogens is 250 g/mol. The lowest BCUT2D eigenvalue weighted by Gasteiger charge is -1.99. The van der Waals surface area contributed by atoms with Gasteiger partial charge in [0.25, 0.3) is 0 Å². The maximum absolute atomic E-state index is 11.2. The number of aryl methyl sites for hydroxylation is 1. The topological polar surface area (TPSA) is 65.0 Å². The number of nitrogens with zero attached hydrogens (tertiary/aromatic N) is 3. The van der Waals surface area contributed by atoms with E-state index < -0.39 is 0 Å². The molecule has 5 nitrogen and oxygen atoms in total. The Bertz CT molecular complexity index is 513.